The minimum absolute atomic E-state index is 0.198. The van der Waals surface area contributed by atoms with Gasteiger partial charge in [0, 0.05) is 12.7 Å². The second kappa shape index (κ2) is 7.16. The van der Waals surface area contributed by atoms with Crippen LogP contribution in [-0.4, -0.2) is 22.5 Å². The van der Waals surface area contributed by atoms with E-state index in [1.165, 1.54) is 19.2 Å². The first kappa shape index (κ1) is 16.8. The van der Waals surface area contributed by atoms with Crippen LogP contribution in [0.2, 0.25) is 0 Å². The molecule has 0 radical (unpaired) electrons. The van der Waals surface area contributed by atoms with E-state index in [1.54, 1.807) is 12.1 Å². The summed E-state index contributed by atoms with van der Waals surface area (Å²) in [4.78, 5) is 0.198. The predicted octanol–water partition coefficient (Wildman–Crippen LogP) is 3.80. The third kappa shape index (κ3) is 4.24. The Morgan fingerprint density at radius 3 is 1.82 bits per heavy atom. The molecule has 2 aromatic carbocycles. The predicted molar refractivity (Wildman–Crippen MR) is 95.7 cm³/mol. The molecule has 2 rings (SSSR count). The smallest absolute Gasteiger partial charge is 0.240 e. The van der Waals surface area contributed by atoms with Gasteiger partial charge in [-0.25, -0.2) is 13.1 Å². The minimum Gasteiger partial charge on any atom is -0.318 e. The van der Waals surface area contributed by atoms with Crippen LogP contribution in [0.5, 0.6) is 0 Å². The molecular weight excluding hydrogens is 415 g/mol. The Morgan fingerprint density at radius 2 is 1.41 bits per heavy atom. The first-order valence-electron chi connectivity index (χ1n) is 6.37. The third-order valence-electron chi connectivity index (χ3n) is 2.90. The molecule has 116 valence electrons. The number of azo groups is 1. The molecule has 1 N–H and O–H groups in total. The molecule has 0 aromatic heterocycles. The number of hydrogen-bond donors (Lipinski definition) is 1. The summed E-state index contributed by atoms with van der Waals surface area (Å²) in [5, 5.41) is 8.22. The van der Waals surface area contributed by atoms with E-state index in [0.29, 0.717) is 5.69 Å². The molecule has 0 aliphatic carbocycles. The lowest BCUT2D eigenvalue weighted by atomic mass is 10.3. The highest BCUT2D eigenvalue weighted by molar-refractivity contribution is 14.1. The molecule has 6 nitrogen and oxygen atoms in total. The summed E-state index contributed by atoms with van der Waals surface area (Å²) in [6.07, 6.45) is 0. The molecule has 0 aliphatic heterocycles. The topological polar surface area (TPSA) is 74.1 Å². The van der Waals surface area contributed by atoms with Gasteiger partial charge < -0.3 is 3.11 Å². The molecule has 0 unspecified atom stereocenters. The maximum Gasteiger partial charge on any atom is 0.240 e. The van der Waals surface area contributed by atoms with Gasteiger partial charge in [-0.3, -0.25) is 0 Å². The van der Waals surface area contributed by atoms with Crippen molar-refractivity contribution in [1.29, 1.82) is 0 Å². The van der Waals surface area contributed by atoms with Crippen LogP contribution in [0.1, 0.15) is 0 Å². The molecule has 0 spiro atoms. The van der Waals surface area contributed by atoms with Crippen molar-refractivity contribution in [1.82, 2.24) is 4.72 Å². The van der Waals surface area contributed by atoms with Gasteiger partial charge in [-0.2, -0.15) is 10.2 Å². The molecule has 0 fully saturated rings. The number of halogens is 1. The van der Waals surface area contributed by atoms with Crippen LogP contribution in [0.15, 0.2) is 63.7 Å². The Kier molecular flexibility index (Phi) is 5.48. The van der Waals surface area contributed by atoms with Crippen LogP contribution < -0.4 is 7.84 Å². The van der Waals surface area contributed by atoms with Crippen LogP contribution in [-0.2, 0) is 10.0 Å². The van der Waals surface area contributed by atoms with Gasteiger partial charge in [0.1, 0.15) is 0 Å². The van der Waals surface area contributed by atoms with Gasteiger partial charge in [0.05, 0.1) is 39.1 Å². The number of nitrogens with one attached hydrogen (secondary N) is 1. The lowest BCUT2D eigenvalue weighted by Crippen LogP contribution is -2.18. The summed E-state index contributed by atoms with van der Waals surface area (Å²) in [6, 6.07) is 13.8. The first-order chi connectivity index (χ1) is 10.4. The highest BCUT2D eigenvalue weighted by Crippen LogP contribution is 2.23. The van der Waals surface area contributed by atoms with Crippen molar-refractivity contribution in [2.45, 2.75) is 4.90 Å². The summed E-state index contributed by atoms with van der Waals surface area (Å²) in [5.74, 6) is 0. The van der Waals surface area contributed by atoms with Gasteiger partial charge >= 0.3 is 0 Å². The van der Waals surface area contributed by atoms with Crippen LogP contribution in [0.25, 0.3) is 0 Å². The molecular formula is C14H15IN4O2S. The Bertz CT molecular complexity index is 756. The van der Waals surface area contributed by atoms with Gasteiger partial charge in [0.25, 0.3) is 0 Å². The molecule has 0 atom stereocenters. The van der Waals surface area contributed by atoms with Crippen molar-refractivity contribution in [2.75, 3.05) is 17.2 Å². The second-order valence-electron chi connectivity index (χ2n) is 4.40. The SMILES string of the molecule is CNS(=O)(=O)c1ccc(N=Nc2ccc(N(C)I)cc2)cc1. The fourth-order valence-electron chi connectivity index (χ4n) is 1.65. The van der Waals surface area contributed by atoms with Crippen LogP contribution in [0, 0.1) is 0 Å². The number of anilines is 1. The summed E-state index contributed by atoms with van der Waals surface area (Å²) in [5.41, 5.74) is 2.39. The number of nitrogens with zero attached hydrogens (tertiary/aromatic N) is 3. The first-order valence-corrected chi connectivity index (χ1v) is 8.82. The highest BCUT2D eigenvalue weighted by atomic mass is 127. The van der Waals surface area contributed by atoms with Gasteiger partial charge in [-0.15, -0.1) is 0 Å². The maximum absolute atomic E-state index is 11.6. The van der Waals surface area contributed by atoms with Crippen LogP contribution >= 0.6 is 22.9 Å². The minimum atomic E-state index is -3.42. The van der Waals surface area contributed by atoms with E-state index in [0.717, 1.165) is 11.4 Å². The fourth-order valence-corrected chi connectivity index (χ4v) is 2.70. The summed E-state index contributed by atoms with van der Waals surface area (Å²) in [7, 11) is -0.0916. The second-order valence-corrected chi connectivity index (χ2v) is 7.73. The van der Waals surface area contributed by atoms with Crippen molar-refractivity contribution in [3.05, 3.63) is 48.5 Å². The molecule has 0 saturated heterocycles. The number of benzene rings is 2. The lowest BCUT2D eigenvalue weighted by Gasteiger charge is -2.08. The normalized spacial score (nSPS) is 11.8. The van der Waals surface area contributed by atoms with Crippen molar-refractivity contribution in [2.24, 2.45) is 10.2 Å². The Labute approximate surface area is 143 Å². The molecule has 8 heteroatoms. The zero-order chi connectivity index (χ0) is 16.2. The molecule has 0 heterocycles. The summed E-state index contributed by atoms with van der Waals surface area (Å²) >= 11 is 2.19. The highest BCUT2D eigenvalue weighted by Gasteiger charge is 2.10. The standard InChI is InChI=1S/C14H15IN4O2S/c1-16-22(20,21)14-9-5-12(6-10-14)18-17-11-3-7-13(8-4-11)19(2)15/h3-10,16H,1-2H3. The Balaban J connectivity index is 2.13. The average molecular weight is 430 g/mol. The molecule has 0 aliphatic rings. The number of hydrogen-bond acceptors (Lipinski definition) is 5. The zero-order valence-corrected chi connectivity index (χ0v) is 15.0. The van der Waals surface area contributed by atoms with E-state index in [9.17, 15) is 8.42 Å². The molecule has 0 amide bonds. The Hall–Kier alpha value is -1.52. The fraction of sp³-hybridized carbons (Fsp3) is 0.143. The van der Waals surface area contributed by atoms with Gasteiger partial charge in [-0.1, -0.05) is 0 Å². The van der Waals surface area contributed by atoms with Crippen molar-refractivity contribution in [3.63, 3.8) is 0 Å². The number of sulfonamides is 1. The average Bonchev–Trinajstić information content (AvgIpc) is 2.53. The van der Waals surface area contributed by atoms with Crippen molar-refractivity contribution >= 4 is 50.0 Å². The van der Waals surface area contributed by atoms with Crippen LogP contribution in [0.3, 0.4) is 0 Å². The molecule has 2 aromatic rings. The third-order valence-corrected chi connectivity index (χ3v) is 4.89. The largest absolute Gasteiger partial charge is 0.318 e. The quantitative estimate of drug-likeness (QED) is 0.446. The molecule has 0 saturated carbocycles. The summed E-state index contributed by atoms with van der Waals surface area (Å²) < 4.78 is 27.5. The van der Waals surface area contributed by atoms with E-state index in [1.807, 2.05) is 34.4 Å². The van der Waals surface area contributed by atoms with Crippen molar-refractivity contribution < 1.29 is 8.42 Å². The van der Waals surface area contributed by atoms with E-state index in [2.05, 4.69) is 37.8 Å². The summed E-state index contributed by atoms with van der Waals surface area (Å²) in [6.45, 7) is 0. The van der Waals surface area contributed by atoms with E-state index in [4.69, 9.17) is 0 Å². The van der Waals surface area contributed by atoms with Gasteiger partial charge in [0.15, 0.2) is 0 Å². The Morgan fingerprint density at radius 1 is 0.955 bits per heavy atom. The van der Waals surface area contributed by atoms with Crippen LogP contribution in [0.4, 0.5) is 17.1 Å². The zero-order valence-electron chi connectivity index (χ0n) is 12.1. The lowest BCUT2D eigenvalue weighted by molar-refractivity contribution is 0.588. The molecule has 0 bridgehead atoms. The van der Waals surface area contributed by atoms with E-state index >= 15 is 0 Å². The maximum atomic E-state index is 11.6. The van der Waals surface area contributed by atoms with Gasteiger partial charge in [-0.05, 0) is 55.6 Å². The number of rotatable bonds is 5. The van der Waals surface area contributed by atoms with E-state index in [-0.39, 0.29) is 4.90 Å². The monoisotopic (exact) mass is 430 g/mol. The van der Waals surface area contributed by atoms with E-state index < -0.39 is 10.0 Å². The molecule has 22 heavy (non-hydrogen) atoms. The van der Waals surface area contributed by atoms with Gasteiger partial charge in [0.2, 0.25) is 10.0 Å². The van der Waals surface area contributed by atoms with Crippen molar-refractivity contribution in [3.8, 4) is 0 Å².